The van der Waals surface area contributed by atoms with Gasteiger partial charge in [-0.15, -0.1) is 0 Å². The van der Waals surface area contributed by atoms with E-state index >= 15 is 0 Å². The van der Waals surface area contributed by atoms with Crippen LogP contribution in [0.25, 0.3) is 0 Å². The molecule has 1 aliphatic heterocycles. The van der Waals surface area contributed by atoms with Crippen LogP contribution in [-0.2, 0) is 10.2 Å². The van der Waals surface area contributed by atoms with E-state index in [9.17, 15) is 13.5 Å². The summed E-state index contributed by atoms with van der Waals surface area (Å²) in [4.78, 5) is 0. The van der Waals surface area contributed by atoms with Crippen molar-refractivity contribution in [2.75, 3.05) is 32.7 Å². The van der Waals surface area contributed by atoms with Crippen LogP contribution >= 0.6 is 0 Å². The van der Waals surface area contributed by atoms with Crippen LogP contribution < -0.4 is 10.0 Å². The molecule has 0 aromatic rings. The third-order valence-electron chi connectivity index (χ3n) is 3.56. The van der Waals surface area contributed by atoms with Gasteiger partial charge in [0.05, 0.1) is 6.10 Å². The zero-order valence-electron chi connectivity index (χ0n) is 9.93. The lowest BCUT2D eigenvalue weighted by atomic mass is 10.1. The second kappa shape index (κ2) is 5.62. The molecule has 6 nitrogen and oxygen atoms in total. The summed E-state index contributed by atoms with van der Waals surface area (Å²) in [7, 11) is -3.36. The number of hydrogen-bond acceptors (Lipinski definition) is 4. The maximum Gasteiger partial charge on any atom is 0.279 e. The van der Waals surface area contributed by atoms with Crippen LogP contribution in [0.3, 0.4) is 0 Å². The van der Waals surface area contributed by atoms with Crippen LogP contribution in [0.1, 0.15) is 19.3 Å². The molecule has 0 aromatic carbocycles. The molecule has 1 heterocycles. The third kappa shape index (κ3) is 3.38. The maximum atomic E-state index is 12.0. The average Bonchev–Trinajstić information content (AvgIpc) is 2.74. The SMILES string of the molecule is O=S(=O)(NCC1CCCC1O)N1CCNCC1. The molecule has 0 amide bonds. The number of nitrogens with zero attached hydrogens (tertiary/aromatic N) is 1. The van der Waals surface area contributed by atoms with Gasteiger partial charge in [0.25, 0.3) is 10.2 Å². The highest BCUT2D eigenvalue weighted by molar-refractivity contribution is 7.87. The molecule has 7 heteroatoms. The van der Waals surface area contributed by atoms with Crippen molar-refractivity contribution in [3.05, 3.63) is 0 Å². The number of nitrogens with one attached hydrogen (secondary N) is 2. The minimum atomic E-state index is -3.36. The summed E-state index contributed by atoms with van der Waals surface area (Å²) in [6.45, 7) is 2.79. The van der Waals surface area contributed by atoms with Gasteiger partial charge >= 0.3 is 0 Å². The largest absolute Gasteiger partial charge is 0.393 e. The lowest BCUT2D eigenvalue weighted by Crippen LogP contribution is -2.51. The molecule has 1 saturated heterocycles. The molecular formula is C10H21N3O3S. The van der Waals surface area contributed by atoms with Crippen molar-refractivity contribution in [1.29, 1.82) is 0 Å². The van der Waals surface area contributed by atoms with Gasteiger partial charge < -0.3 is 10.4 Å². The Morgan fingerprint density at radius 1 is 1.29 bits per heavy atom. The molecule has 2 unspecified atom stereocenters. The van der Waals surface area contributed by atoms with Gasteiger partial charge in [-0.1, -0.05) is 6.42 Å². The number of hydrogen-bond donors (Lipinski definition) is 3. The molecule has 100 valence electrons. The van der Waals surface area contributed by atoms with Gasteiger partial charge in [0.15, 0.2) is 0 Å². The predicted octanol–water partition coefficient (Wildman–Crippen LogP) is -1.11. The smallest absolute Gasteiger partial charge is 0.279 e. The zero-order valence-corrected chi connectivity index (χ0v) is 10.7. The zero-order chi connectivity index (χ0) is 12.3. The van der Waals surface area contributed by atoms with Crippen LogP contribution in [-0.4, -0.2) is 56.7 Å². The van der Waals surface area contributed by atoms with E-state index in [0.717, 1.165) is 19.3 Å². The summed E-state index contributed by atoms with van der Waals surface area (Å²) in [5, 5.41) is 12.8. The van der Waals surface area contributed by atoms with Crippen molar-refractivity contribution < 1.29 is 13.5 Å². The Hall–Kier alpha value is -0.210. The Morgan fingerprint density at radius 2 is 2.00 bits per heavy atom. The molecular weight excluding hydrogens is 242 g/mol. The van der Waals surface area contributed by atoms with Crippen LogP contribution in [0.15, 0.2) is 0 Å². The monoisotopic (exact) mass is 263 g/mol. The second-order valence-electron chi connectivity index (χ2n) is 4.76. The Bertz CT molecular complexity index is 341. The van der Waals surface area contributed by atoms with Crippen LogP contribution in [0.2, 0.25) is 0 Å². The van der Waals surface area contributed by atoms with Crippen molar-refractivity contribution >= 4 is 10.2 Å². The van der Waals surface area contributed by atoms with Crippen LogP contribution in [0, 0.1) is 5.92 Å². The number of rotatable bonds is 4. The van der Waals surface area contributed by atoms with Crippen LogP contribution in [0.5, 0.6) is 0 Å². The molecule has 0 radical (unpaired) electrons. The fourth-order valence-corrected chi connectivity index (χ4v) is 3.71. The summed E-state index contributed by atoms with van der Waals surface area (Å²) in [5.74, 6) is 0.0766. The van der Waals surface area contributed by atoms with Gasteiger partial charge in [-0.05, 0) is 18.8 Å². The normalized spacial score (nSPS) is 31.8. The van der Waals surface area contributed by atoms with E-state index < -0.39 is 10.2 Å². The lowest BCUT2D eigenvalue weighted by molar-refractivity contribution is 0.134. The number of piperazine rings is 1. The first-order chi connectivity index (χ1) is 8.09. The molecule has 17 heavy (non-hydrogen) atoms. The second-order valence-corrected chi connectivity index (χ2v) is 6.52. The summed E-state index contributed by atoms with van der Waals surface area (Å²) in [5.41, 5.74) is 0. The summed E-state index contributed by atoms with van der Waals surface area (Å²) in [6, 6.07) is 0. The van der Waals surface area contributed by atoms with Crippen LogP contribution in [0.4, 0.5) is 0 Å². The predicted molar refractivity (Wildman–Crippen MR) is 64.7 cm³/mol. The van der Waals surface area contributed by atoms with Gasteiger partial charge in [0.2, 0.25) is 0 Å². The van der Waals surface area contributed by atoms with Crippen molar-refractivity contribution in [3.63, 3.8) is 0 Å². The Kier molecular flexibility index (Phi) is 4.37. The highest BCUT2D eigenvalue weighted by Crippen LogP contribution is 2.24. The van der Waals surface area contributed by atoms with Gasteiger partial charge in [-0.3, -0.25) is 0 Å². The third-order valence-corrected chi connectivity index (χ3v) is 5.14. The Balaban J connectivity index is 1.84. The number of aliphatic hydroxyl groups excluding tert-OH is 1. The van der Waals surface area contributed by atoms with Crippen molar-refractivity contribution in [1.82, 2.24) is 14.3 Å². The molecule has 0 aromatic heterocycles. The molecule has 3 N–H and O–H groups in total. The Labute approximate surface area is 103 Å². The topological polar surface area (TPSA) is 81.7 Å². The first-order valence-electron chi connectivity index (χ1n) is 6.23. The van der Waals surface area contributed by atoms with Crippen molar-refractivity contribution in [3.8, 4) is 0 Å². The summed E-state index contributed by atoms with van der Waals surface area (Å²) < 4.78 is 28.0. The molecule has 1 aliphatic carbocycles. The van der Waals surface area contributed by atoms with Gasteiger partial charge in [0.1, 0.15) is 0 Å². The van der Waals surface area contributed by atoms with E-state index in [1.165, 1.54) is 4.31 Å². The highest BCUT2D eigenvalue weighted by Gasteiger charge is 2.29. The van der Waals surface area contributed by atoms with Gasteiger partial charge in [-0.25, -0.2) is 4.72 Å². The molecule has 0 bridgehead atoms. The molecule has 2 rings (SSSR count). The van der Waals surface area contributed by atoms with E-state index in [4.69, 9.17) is 0 Å². The van der Waals surface area contributed by atoms with E-state index in [-0.39, 0.29) is 12.0 Å². The first kappa shape index (κ1) is 13.2. The maximum absolute atomic E-state index is 12.0. The van der Waals surface area contributed by atoms with Crippen molar-refractivity contribution in [2.24, 2.45) is 5.92 Å². The van der Waals surface area contributed by atoms with E-state index in [2.05, 4.69) is 10.0 Å². The standard InChI is InChI=1S/C10H21N3O3S/c14-10-3-1-2-9(10)8-12-17(15,16)13-6-4-11-5-7-13/h9-12,14H,1-8H2. The van der Waals surface area contributed by atoms with E-state index in [1.807, 2.05) is 0 Å². The quantitative estimate of drug-likeness (QED) is 0.600. The molecule has 2 aliphatic rings. The number of aliphatic hydroxyl groups is 1. The summed E-state index contributed by atoms with van der Waals surface area (Å²) in [6.07, 6.45) is 2.34. The first-order valence-corrected chi connectivity index (χ1v) is 7.67. The summed E-state index contributed by atoms with van der Waals surface area (Å²) >= 11 is 0. The highest BCUT2D eigenvalue weighted by atomic mass is 32.2. The molecule has 0 spiro atoms. The molecule has 2 atom stereocenters. The minimum Gasteiger partial charge on any atom is -0.393 e. The lowest BCUT2D eigenvalue weighted by Gasteiger charge is -2.27. The van der Waals surface area contributed by atoms with Gasteiger partial charge in [0, 0.05) is 32.7 Å². The van der Waals surface area contributed by atoms with E-state index in [1.54, 1.807) is 0 Å². The van der Waals surface area contributed by atoms with Crippen molar-refractivity contribution in [2.45, 2.75) is 25.4 Å². The molecule has 2 fully saturated rings. The van der Waals surface area contributed by atoms with Gasteiger partial charge in [-0.2, -0.15) is 12.7 Å². The fraction of sp³-hybridized carbons (Fsp3) is 1.00. The molecule has 1 saturated carbocycles. The average molecular weight is 263 g/mol. The Morgan fingerprint density at radius 3 is 2.59 bits per heavy atom. The van der Waals surface area contributed by atoms with E-state index in [0.29, 0.717) is 32.7 Å². The fourth-order valence-electron chi connectivity index (χ4n) is 2.44. The minimum absolute atomic E-state index is 0.0766.